The number of alkyl halides is 3. The van der Waals surface area contributed by atoms with Crippen LogP contribution in [0.5, 0.6) is 0 Å². The number of halogens is 4. The molecule has 1 unspecified atom stereocenters. The number of hydrogen-bond donors (Lipinski definition) is 2. The van der Waals surface area contributed by atoms with Crippen molar-refractivity contribution < 1.29 is 26.8 Å². The van der Waals surface area contributed by atoms with Crippen LogP contribution in [0.2, 0.25) is 0 Å². The molecule has 1 aromatic carbocycles. The highest BCUT2D eigenvalue weighted by Gasteiger charge is 2.45. The number of amides is 2. The lowest BCUT2D eigenvalue weighted by Crippen LogP contribution is -2.40. The van der Waals surface area contributed by atoms with Crippen molar-refractivity contribution in [3.8, 4) is 6.07 Å². The first-order valence-corrected chi connectivity index (χ1v) is 8.15. The number of benzene rings is 1. The highest BCUT2D eigenvalue weighted by Crippen LogP contribution is 2.39. The van der Waals surface area contributed by atoms with Crippen molar-refractivity contribution in [2.75, 3.05) is 5.32 Å². The Balaban J connectivity index is 1.97. The molecule has 0 aliphatic heterocycles. The summed E-state index contributed by atoms with van der Waals surface area (Å²) in [7, 11) is 0. The zero-order chi connectivity index (χ0) is 21.3. The highest BCUT2D eigenvalue weighted by atomic mass is 19.4. The van der Waals surface area contributed by atoms with Gasteiger partial charge in [0.2, 0.25) is 0 Å². The van der Waals surface area contributed by atoms with Crippen LogP contribution < -0.4 is 10.6 Å². The van der Waals surface area contributed by atoms with Crippen LogP contribution in [0.15, 0.2) is 28.9 Å². The SMILES string of the molecule is Cc1ncc(NC(=O)NC(c2oc3c(C#N)cc(F)cc3c2C)C(F)(F)F)cn1. The standard InChI is InChI=1S/C18H13F4N5O2/c1-8-13-4-11(19)3-10(5-23)15(13)29-14(8)16(18(20,21)22)27-17(28)26-12-6-24-9(2)25-7-12/h3-4,6-7,16H,1-2H3,(H2,26,27,28). The molecule has 3 aromatic rings. The molecule has 0 saturated carbocycles. The van der Waals surface area contributed by atoms with Crippen molar-refractivity contribution in [3.05, 3.63) is 53.1 Å². The smallest absolute Gasteiger partial charge is 0.416 e. The molecule has 2 N–H and O–H groups in total. The first-order chi connectivity index (χ1) is 13.6. The van der Waals surface area contributed by atoms with Gasteiger partial charge in [-0.25, -0.2) is 19.2 Å². The van der Waals surface area contributed by atoms with Crippen molar-refractivity contribution >= 4 is 22.7 Å². The Kier molecular flexibility index (Phi) is 5.11. The van der Waals surface area contributed by atoms with Crippen LogP contribution in [0.3, 0.4) is 0 Å². The number of hydrogen-bond acceptors (Lipinski definition) is 5. The fraction of sp³-hybridized carbons (Fsp3) is 0.222. The van der Waals surface area contributed by atoms with Crippen LogP contribution >= 0.6 is 0 Å². The number of aryl methyl sites for hydroxylation is 2. The summed E-state index contributed by atoms with van der Waals surface area (Å²) < 4.78 is 59.9. The van der Waals surface area contributed by atoms with Gasteiger partial charge in [0.15, 0.2) is 11.6 Å². The molecule has 11 heteroatoms. The van der Waals surface area contributed by atoms with E-state index in [-0.39, 0.29) is 27.8 Å². The van der Waals surface area contributed by atoms with E-state index in [9.17, 15) is 22.4 Å². The van der Waals surface area contributed by atoms with E-state index in [1.807, 2.05) is 0 Å². The van der Waals surface area contributed by atoms with E-state index in [1.54, 1.807) is 18.3 Å². The summed E-state index contributed by atoms with van der Waals surface area (Å²) in [5.74, 6) is -1.02. The molecule has 2 amide bonds. The van der Waals surface area contributed by atoms with E-state index >= 15 is 0 Å². The molecule has 0 radical (unpaired) electrons. The predicted octanol–water partition coefficient (Wildman–Crippen LogP) is 4.28. The Morgan fingerprint density at radius 1 is 1.24 bits per heavy atom. The molecular weight excluding hydrogens is 394 g/mol. The predicted molar refractivity (Wildman–Crippen MR) is 93.3 cm³/mol. The largest absolute Gasteiger partial charge is 0.457 e. The fourth-order valence-corrected chi connectivity index (χ4v) is 2.71. The Bertz CT molecular complexity index is 1120. The summed E-state index contributed by atoms with van der Waals surface area (Å²) in [5.41, 5.74) is -0.400. The summed E-state index contributed by atoms with van der Waals surface area (Å²) in [6.45, 7) is 2.89. The van der Waals surface area contributed by atoms with Crippen LogP contribution in [-0.4, -0.2) is 22.2 Å². The number of furan rings is 1. The second kappa shape index (κ2) is 7.38. The van der Waals surface area contributed by atoms with Crippen LogP contribution in [0.4, 0.5) is 28.0 Å². The molecule has 0 aliphatic rings. The third-order valence-electron chi connectivity index (χ3n) is 4.06. The van der Waals surface area contributed by atoms with Crippen LogP contribution in [-0.2, 0) is 0 Å². The minimum atomic E-state index is -4.93. The first-order valence-electron chi connectivity index (χ1n) is 8.15. The van der Waals surface area contributed by atoms with E-state index in [2.05, 4.69) is 15.3 Å². The average Bonchev–Trinajstić information content (AvgIpc) is 2.96. The Morgan fingerprint density at radius 2 is 1.90 bits per heavy atom. The number of carbonyl (C=O) groups is 1. The number of nitriles is 1. The zero-order valence-electron chi connectivity index (χ0n) is 15.1. The van der Waals surface area contributed by atoms with E-state index < -0.39 is 29.8 Å². The lowest BCUT2D eigenvalue weighted by molar-refractivity contribution is -0.158. The Hall–Kier alpha value is -3.68. The number of rotatable bonds is 3. The van der Waals surface area contributed by atoms with Gasteiger partial charge in [0.05, 0.1) is 23.6 Å². The summed E-state index contributed by atoms with van der Waals surface area (Å²) in [4.78, 5) is 19.8. The molecule has 0 spiro atoms. The molecule has 7 nitrogen and oxygen atoms in total. The van der Waals surface area contributed by atoms with Gasteiger partial charge in [0.1, 0.15) is 23.5 Å². The molecule has 150 valence electrons. The first kappa shape index (κ1) is 20.1. The number of urea groups is 1. The third kappa shape index (κ3) is 4.11. The lowest BCUT2D eigenvalue weighted by atomic mass is 10.1. The number of nitrogens with one attached hydrogen (secondary N) is 2. The minimum Gasteiger partial charge on any atom is -0.457 e. The van der Waals surface area contributed by atoms with Crippen LogP contribution in [0.25, 0.3) is 11.0 Å². The van der Waals surface area contributed by atoms with Crippen molar-refractivity contribution in [3.63, 3.8) is 0 Å². The van der Waals surface area contributed by atoms with Crippen molar-refractivity contribution in [1.82, 2.24) is 15.3 Å². The van der Waals surface area contributed by atoms with Crippen molar-refractivity contribution in [1.29, 1.82) is 5.26 Å². The molecule has 0 fully saturated rings. The van der Waals surface area contributed by atoms with Gasteiger partial charge in [0.25, 0.3) is 0 Å². The number of aromatic nitrogens is 2. The quantitative estimate of drug-likeness (QED) is 0.631. The number of carbonyl (C=O) groups excluding carboxylic acids is 1. The average molecular weight is 407 g/mol. The molecule has 1 atom stereocenters. The number of nitrogens with zero attached hydrogens (tertiary/aromatic N) is 3. The third-order valence-corrected chi connectivity index (χ3v) is 4.06. The zero-order valence-corrected chi connectivity index (χ0v) is 15.1. The molecule has 0 saturated heterocycles. The van der Waals surface area contributed by atoms with Crippen LogP contribution in [0, 0.1) is 31.0 Å². The van der Waals surface area contributed by atoms with Crippen molar-refractivity contribution in [2.45, 2.75) is 26.1 Å². The second-order valence-electron chi connectivity index (χ2n) is 6.13. The van der Waals surface area contributed by atoms with E-state index in [1.165, 1.54) is 19.3 Å². The number of anilines is 1. The minimum absolute atomic E-state index is 0.0138. The van der Waals surface area contributed by atoms with E-state index in [0.29, 0.717) is 5.82 Å². The molecular formula is C18H13F4N5O2. The molecule has 29 heavy (non-hydrogen) atoms. The van der Waals surface area contributed by atoms with Gasteiger partial charge in [-0.2, -0.15) is 18.4 Å². The van der Waals surface area contributed by atoms with Crippen molar-refractivity contribution in [2.24, 2.45) is 0 Å². The second-order valence-corrected chi connectivity index (χ2v) is 6.13. The van der Waals surface area contributed by atoms with Gasteiger partial charge in [-0.15, -0.1) is 0 Å². The maximum atomic E-state index is 13.7. The fourth-order valence-electron chi connectivity index (χ4n) is 2.71. The monoisotopic (exact) mass is 407 g/mol. The molecule has 0 aliphatic carbocycles. The highest BCUT2D eigenvalue weighted by molar-refractivity contribution is 5.90. The summed E-state index contributed by atoms with van der Waals surface area (Å²) in [6.07, 6.45) is -2.46. The maximum Gasteiger partial charge on any atom is 0.416 e. The van der Waals surface area contributed by atoms with Gasteiger partial charge < -0.3 is 15.1 Å². The van der Waals surface area contributed by atoms with Gasteiger partial charge in [-0.3, -0.25) is 0 Å². The molecule has 0 bridgehead atoms. The lowest BCUT2D eigenvalue weighted by Gasteiger charge is -2.20. The Labute approximate surface area is 161 Å². The van der Waals surface area contributed by atoms with E-state index in [0.717, 1.165) is 12.1 Å². The number of fused-ring (bicyclic) bond motifs is 1. The van der Waals surface area contributed by atoms with Gasteiger partial charge in [-0.05, 0) is 26.0 Å². The normalized spacial score (nSPS) is 12.4. The van der Waals surface area contributed by atoms with Gasteiger partial charge >= 0.3 is 12.2 Å². The molecule has 2 aromatic heterocycles. The van der Waals surface area contributed by atoms with Gasteiger partial charge in [-0.1, -0.05) is 0 Å². The maximum absolute atomic E-state index is 13.7. The summed E-state index contributed by atoms with van der Waals surface area (Å²) >= 11 is 0. The Morgan fingerprint density at radius 3 is 2.48 bits per heavy atom. The van der Waals surface area contributed by atoms with Gasteiger partial charge in [0, 0.05) is 10.9 Å². The van der Waals surface area contributed by atoms with E-state index in [4.69, 9.17) is 9.68 Å². The topological polar surface area (TPSA) is 104 Å². The molecule has 3 rings (SSSR count). The summed E-state index contributed by atoms with van der Waals surface area (Å²) in [6, 6.07) is -0.204. The molecule has 2 heterocycles. The summed E-state index contributed by atoms with van der Waals surface area (Å²) in [5, 5.41) is 13.1. The van der Waals surface area contributed by atoms with Crippen LogP contribution in [0.1, 0.15) is 28.8 Å².